The summed E-state index contributed by atoms with van der Waals surface area (Å²) in [6, 6.07) is 0. The van der Waals surface area contributed by atoms with Gasteiger partial charge in [-0.05, 0) is 6.54 Å². The third kappa shape index (κ3) is 3.52. The van der Waals surface area contributed by atoms with Gasteiger partial charge in [-0.1, -0.05) is 6.92 Å². The lowest BCUT2D eigenvalue weighted by Crippen LogP contribution is -2.42. The van der Waals surface area contributed by atoms with Crippen LogP contribution in [-0.2, 0) is 24.1 Å². The Morgan fingerprint density at radius 3 is 2.42 bits per heavy atom. The summed E-state index contributed by atoms with van der Waals surface area (Å²) < 4.78 is 28.1. The van der Waals surface area contributed by atoms with E-state index in [1.807, 2.05) is 6.92 Å². The lowest BCUT2D eigenvalue weighted by Gasteiger charge is -2.09. The van der Waals surface area contributed by atoms with Gasteiger partial charge in [-0.25, -0.2) is 17.9 Å². The molecule has 108 valence electrons. The lowest BCUT2D eigenvalue weighted by molar-refractivity contribution is 0.567. The molecule has 1 aromatic heterocycles. The van der Waals surface area contributed by atoms with E-state index in [2.05, 4.69) is 10.0 Å². The van der Waals surface area contributed by atoms with Gasteiger partial charge in [0, 0.05) is 33.4 Å². The molecule has 2 N–H and O–H groups in total. The lowest BCUT2D eigenvalue weighted by atomic mass is 10.6. The molecular formula is C10H18N4O4S. The van der Waals surface area contributed by atoms with Gasteiger partial charge in [0.2, 0.25) is 10.0 Å². The monoisotopic (exact) mass is 290 g/mol. The first kappa shape index (κ1) is 15.6. The van der Waals surface area contributed by atoms with Crippen LogP contribution in [0.1, 0.15) is 6.92 Å². The molecule has 0 aliphatic heterocycles. The molecule has 0 saturated heterocycles. The van der Waals surface area contributed by atoms with Crippen LogP contribution < -0.4 is 21.3 Å². The zero-order chi connectivity index (χ0) is 14.6. The molecule has 0 fully saturated rings. The molecule has 0 amide bonds. The Balaban J connectivity index is 3.09. The number of hydrogen-bond donors (Lipinski definition) is 2. The SMILES string of the molecule is CCNCCNS(=O)(=O)c1cn(C)c(=O)n(C)c1=O. The Labute approximate surface area is 111 Å². The van der Waals surface area contributed by atoms with E-state index in [0.717, 1.165) is 21.9 Å². The molecule has 0 aliphatic carbocycles. The maximum Gasteiger partial charge on any atom is 0.330 e. The Bertz CT molecular complexity index is 659. The maximum atomic E-state index is 12.0. The van der Waals surface area contributed by atoms with E-state index in [1.165, 1.54) is 14.1 Å². The molecule has 0 spiro atoms. The van der Waals surface area contributed by atoms with Crippen molar-refractivity contribution in [3.63, 3.8) is 0 Å². The van der Waals surface area contributed by atoms with Crippen LogP contribution in [0.2, 0.25) is 0 Å². The molecule has 0 unspecified atom stereocenters. The number of aromatic nitrogens is 2. The van der Waals surface area contributed by atoms with Gasteiger partial charge in [-0.3, -0.25) is 9.36 Å². The second-order valence-electron chi connectivity index (χ2n) is 4.00. The highest BCUT2D eigenvalue weighted by Crippen LogP contribution is 1.98. The Hall–Kier alpha value is -1.45. The number of sulfonamides is 1. The van der Waals surface area contributed by atoms with Crippen LogP contribution in [0.15, 0.2) is 20.7 Å². The number of likely N-dealkylation sites (N-methyl/N-ethyl adjacent to an activating group) is 1. The van der Waals surface area contributed by atoms with Gasteiger partial charge in [0.15, 0.2) is 4.90 Å². The molecule has 1 heterocycles. The molecule has 0 aliphatic rings. The highest BCUT2D eigenvalue weighted by Gasteiger charge is 2.20. The van der Waals surface area contributed by atoms with Gasteiger partial charge in [0.25, 0.3) is 5.56 Å². The van der Waals surface area contributed by atoms with Gasteiger partial charge >= 0.3 is 5.69 Å². The Morgan fingerprint density at radius 2 is 1.84 bits per heavy atom. The minimum atomic E-state index is -3.92. The molecule has 9 heteroatoms. The smallest absolute Gasteiger partial charge is 0.316 e. The normalized spacial score (nSPS) is 11.7. The topological polar surface area (TPSA) is 102 Å². The number of nitrogens with zero attached hydrogens (tertiary/aromatic N) is 2. The Kier molecular flexibility index (Phi) is 5.04. The molecule has 0 saturated carbocycles. The summed E-state index contributed by atoms with van der Waals surface area (Å²) in [5.41, 5.74) is -1.41. The van der Waals surface area contributed by atoms with Gasteiger partial charge in [-0.2, -0.15) is 0 Å². The van der Waals surface area contributed by atoms with Crippen molar-refractivity contribution in [3.05, 3.63) is 27.0 Å². The molecule has 0 radical (unpaired) electrons. The summed E-state index contributed by atoms with van der Waals surface area (Å²) in [5.74, 6) is 0. The Morgan fingerprint density at radius 1 is 1.21 bits per heavy atom. The van der Waals surface area contributed by atoms with E-state index in [-0.39, 0.29) is 6.54 Å². The van der Waals surface area contributed by atoms with Crippen molar-refractivity contribution in [1.29, 1.82) is 0 Å². The highest BCUT2D eigenvalue weighted by molar-refractivity contribution is 7.89. The molecule has 0 aromatic carbocycles. The average molecular weight is 290 g/mol. The quantitative estimate of drug-likeness (QED) is 0.588. The predicted octanol–water partition coefficient (Wildman–Crippen LogP) is -2.03. The van der Waals surface area contributed by atoms with Gasteiger partial charge in [0.1, 0.15) is 0 Å². The first-order chi connectivity index (χ1) is 8.81. The second-order valence-corrected chi connectivity index (χ2v) is 5.74. The predicted molar refractivity (Wildman–Crippen MR) is 70.7 cm³/mol. The van der Waals surface area contributed by atoms with Crippen molar-refractivity contribution in [2.45, 2.75) is 11.8 Å². The van der Waals surface area contributed by atoms with Crippen LogP contribution in [0.3, 0.4) is 0 Å². The maximum absolute atomic E-state index is 12.0. The zero-order valence-electron chi connectivity index (χ0n) is 11.1. The largest absolute Gasteiger partial charge is 0.330 e. The van der Waals surface area contributed by atoms with E-state index in [1.54, 1.807) is 0 Å². The molecule has 19 heavy (non-hydrogen) atoms. The van der Waals surface area contributed by atoms with Crippen molar-refractivity contribution >= 4 is 10.0 Å². The minimum absolute atomic E-state index is 0.169. The summed E-state index contributed by atoms with van der Waals surface area (Å²) in [4.78, 5) is 22.8. The third-order valence-electron chi connectivity index (χ3n) is 2.55. The molecule has 1 aromatic rings. The average Bonchev–Trinajstić information content (AvgIpc) is 2.36. The van der Waals surface area contributed by atoms with Crippen molar-refractivity contribution in [2.75, 3.05) is 19.6 Å². The number of aryl methyl sites for hydroxylation is 1. The fraction of sp³-hybridized carbons (Fsp3) is 0.600. The second kappa shape index (κ2) is 6.13. The van der Waals surface area contributed by atoms with Crippen LogP contribution in [0, 0.1) is 0 Å². The summed E-state index contributed by atoms with van der Waals surface area (Å²) in [6.07, 6.45) is 1.03. The van der Waals surface area contributed by atoms with Crippen LogP contribution in [0.5, 0.6) is 0 Å². The van der Waals surface area contributed by atoms with Gasteiger partial charge < -0.3 is 9.88 Å². The van der Waals surface area contributed by atoms with E-state index >= 15 is 0 Å². The third-order valence-corrected chi connectivity index (χ3v) is 3.99. The first-order valence-electron chi connectivity index (χ1n) is 5.78. The van der Waals surface area contributed by atoms with Crippen LogP contribution in [-0.4, -0.2) is 37.2 Å². The number of hydrogen-bond acceptors (Lipinski definition) is 5. The van der Waals surface area contributed by atoms with E-state index in [9.17, 15) is 18.0 Å². The van der Waals surface area contributed by atoms with Gasteiger partial charge in [-0.15, -0.1) is 0 Å². The highest BCUT2D eigenvalue weighted by atomic mass is 32.2. The van der Waals surface area contributed by atoms with Crippen molar-refractivity contribution in [1.82, 2.24) is 19.2 Å². The van der Waals surface area contributed by atoms with Crippen LogP contribution in [0.25, 0.3) is 0 Å². The summed E-state index contributed by atoms with van der Waals surface area (Å²) in [6.45, 7) is 3.25. The standard InChI is InChI=1S/C10H18N4O4S/c1-4-11-5-6-12-19(17,18)8-7-13(2)10(16)14(3)9(8)15/h7,11-12H,4-6H2,1-3H3. The fourth-order valence-electron chi connectivity index (χ4n) is 1.49. The van der Waals surface area contributed by atoms with Crippen LogP contribution >= 0.6 is 0 Å². The van der Waals surface area contributed by atoms with Crippen molar-refractivity contribution in [2.24, 2.45) is 14.1 Å². The molecule has 8 nitrogen and oxygen atoms in total. The van der Waals surface area contributed by atoms with E-state index < -0.39 is 26.2 Å². The van der Waals surface area contributed by atoms with E-state index in [4.69, 9.17) is 0 Å². The number of nitrogens with one attached hydrogen (secondary N) is 2. The molecule has 1 rings (SSSR count). The summed E-state index contributed by atoms with van der Waals surface area (Å²) >= 11 is 0. The summed E-state index contributed by atoms with van der Waals surface area (Å²) in [5, 5.41) is 2.95. The number of rotatable bonds is 6. The zero-order valence-corrected chi connectivity index (χ0v) is 12.0. The van der Waals surface area contributed by atoms with Crippen molar-refractivity contribution < 1.29 is 8.42 Å². The molecule has 0 atom stereocenters. The van der Waals surface area contributed by atoms with E-state index in [0.29, 0.717) is 6.54 Å². The van der Waals surface area contributed by atoms with Crippen molar-refractivity contribution in [3.8, 4) is 0 Å². The fourth-order valence-corrected chi connectivity index (χ4v) is 2.68. The molecule has 0 bridgehead atoms. The van der Waals surface area contributed by atoms with Crippen LogP contribution in [0.4, 0.5) is 0 Å². The minimum Gasteiger partial charge on any atom is -0.316 e. The summed E-state index contributed by atoms with van der Waals surface area (Å²) in [7, 11) is -1.29. The molecular weight excluding hydrogens is 272 g/mol. The first-order valence-corrected chi connectivity index (χ1v) is 7.26. The van der Waals surface area contributed by atoms with Gasteiger partial charge in [0.05, 0.1) is 0 Å².